The fourth-order valence-corrected chi connectivity index (χ4v) is 2.16. The minimum absolute atomic E-state index is 0.0142. The van der Waals surface area contributed by atoms with Crippen LogP contribution in [-0.4, -0.2) is 39.5 Å². The number of benzene rings is 2. The SMILES string of the molecule is C=CC(=O)OCc1ccc(OC)c(OC)c1.COc1ccc(CO)cc1OC. The molecule has 0 aliphatic carbocycles. The molecule has 2 aromatic carbocycles. The summed E-state index contributed by atoms with van der Waals surface area (Å²) in [5, 5.41) is 8.82. The number of aliphatic hydroxyl groups is 1. The monoisotopic (exact) mass is 390 g/mol. The number of carbonyl (C=O) groups is 1. The van der Waals surface area contributed by atoms with Crippen molar-refractivity contribution in [2.24, 2.45) is 0 Å². The van der Waals surface area contributed by atoms with Gasteiger partial charge in [0.25, 0.3) is 0 Å². The van der Waals surface area contributed by atoms with Crippen molar-refractivity contribution in [1.29, 1.82) is 0 Å². The highest BCUT2D eigenvalue weighted by molar-refractivity contribution is 5.81. The number of carbonyl (C=O) groups excluding carboxylic acids is 1. The lowest BCUT2D eigenvalue weighted by atomic mass is 10.2. The van der Waals surface area contributed by atoms with Gasteiger partial charge in [0.1, 0.15) is 6.61 Å². The fraction of sp³-hybridized carbons (Fsp3) is 0.286. The molecule has 2 aromatic rings. The van der Waals surface area contributed by atoms with E-state index in [0.717, 1.165) is 17.2 Å². The van der Waals surface area contributed by atoms with Gasteiger partial charge in [-0.15, -0.1) is 0 Å². The van der Waals surface area contributed by atoms with Crippen LogP contribution in [0.5, 0.6) is 23.0 Å². The van der Waals surface area contributed by atoms with Crippen molar-refractivity contribution in [3.05, 3.63) is 60.2 Å². The fourth-order valence-electron chi connectivity index (χ4n) is 2.16. The topological polar surface area (TPSA) is 83.5 Å². The number of ether oxygens (including phenoxy) is 5. The van der Waals surface area contributed by atoms with E-state index < -0.39 is 5.97 Å². The molecule has 0 aromatic heterocycles. The Balaban J connectivity index is 0.000000292. The lowest BCUT2D eigenvalue weighted by Crippen LogP contribution is -2.00. The number of hydrogen-bond acceptors (Lipinski definition) is 7. The number of esters is 1. The van der Waals surface area contributed by atoms with E-state index in [1.54, 1.807) is 64.8 Å². The summed E-state index contributed by atoms with van der Waals surface area (Å²) in [6, 6.07) is 10.6. The number of aliphatic hydroxyl groups excluding tert-OH is 1. The summed E-state index contributed by atoms with van der Waals surface area (Å²) in [6.07, 6.45) is 1.13. The van der Waals surface area contributed by atoms with Crippen LogP contribution in [0.3, 0.4) is 0 Å². The third-order valence-electron chi connectivity index (χ3n) is 3.63. The van der Waals surface area contributed by atoms with Gasteiger partial charge in [0, 0.05) is 6.08 Å². The van der Waals surface area contributed by atoms with Crippen molar-refractivity contribution < 1.29 is 33.6 Å². The van der Waals surface area contributed by atoms with Crippen molar-refractivity contribution in [3.63, 3.8) is 0 Å². The molecule has 0 amide bonds. The maximum absolute atomic E-state index is 10.9. The molecule has 152 valence electrons. The summed E-state index contributed by atoms with van der Waals surface area (Å²) >= 11 is 0. The minimum atomic E-state index is -0.449. The third-order valence-corrected chi connectivity index (χ3v) is 3.63. The van der Waals surface area contributed by atoms with Crippen LogP contribution in [0.15, 0.2) is 49.1 Å². The van der Waals surface area contributed by atoms with E-state index in [-0.39, 0.29) is 13.2 Å². The van der Waals surface area contributed by atoms with Gasteiger partial charge in [-0.3, -0.25) is 0 Å². The zero-order valence-electron chi connectivity index (χ0n) is 16.6. The molecule has 1 N–H and O–H groups in total. The van der Waals surface area contributed by atoms with Gasteiger partial charge >= 0.3 is 5.97 Å². The first-order valence-electron chi connectivity index (χ1n) is 8.34. The van der Waals surface area contributed by atoms with Gasteiger partial charge in [-0.2, -0.15) is 0 Å². The molecule has 7 nitrogen and oxygen atoms in total. The Morgan fingerprint density at radius 3 is 1.75 bits per heavy atom. The van der Waals surface area contributed by atoms with Crippen LogP contribution >= 0.6 is 0 Å². The van der Waals surface area contributed by atoms with Crippen LogP contribution in [0, 0.1) is 0 Å². The summed E-state index contributed by atoms with van der Waals surface area (Å²) in [5.74, 6) is 2.12. The van der Waals surface area contributed by atoms with Gasteiger partial charge in [-0.05, 0) is 35.4 Å². The summed E-state index contributed by atoms with van der Waals surface area (Å²) in [6.45, 7) is 3.51. The molecule has 0 radical (unpaired) electrons. The molecule has 0 heterocycles. The van der Waals surface area contributed by atoms with E-state index in [1.807, 2.05) is 0 Å². The van der Waals surface area contributed by atoms with E-state index in [1.165, 1.54) is 0 Å². The first-order valence-corrected chi connectivity index (χ1v) is 8.34. The van der Waals surface area contributed by atoms with Crippen molar-refractivity contribution >= 4 is 5.97 Å². The zero-order valence-corrected chi connectivity index (χ0v) is 16.6. The molecule has 0 bridgehead atoms. The van der Waals surface area contributed by atoms with Crippen molar-refractivity contribution in [1.82, 2.24) is 0 Å². The van der Waals surface area contributed by atoms with Crippen molar-refractivity contribution in [2.45, 2.75) is 13.2 Å². The van der Waals surface area contributed by atoms with E-state index in [2.05, 4.69) is 6.58 Å². The second-order valence-corrected chi connectivity index (χ2v) is 5.35. The van der Waals surface area contributed by atoms with Gasteiger partial charge in [0.15, 0.2) is 23.0 Å². The van der Waals surface area contributed by atoms with Crippen LogP contribution in [-0.2, 0) is 22.7 Å². The molecule has 0 aliphatic heterocycles. The lowest BCUT2D eigenvalue weighted by molar-refractivity contribution is -0.138. The Morgan fingerprint density at radius 1 is 0.857 bits per heavy atom. The van der Waals surface area contributed by atoms with Gasteiger partial charge in [-0.1, -0.05) is 18.7 Å². The van der Waals surface area contributed by atoms with Gasteiger partial charge < -0.3 is 28.8 Å². The van der Waals surface area contributed by atoms with Gasteiger partial charge in [0.05, 0.1) is 35.0 Å². The van der Waals surface area contributed by atoms with E-state index in [0.29, 0.717) is 23.0 Å². The first kappa shape index (κ1) is 22.9. The Kier molecular flexibility index (Phi) is 9.99. The summed E-state index contributed by atoms with van der Waals surface area (Å²) in [7, 11) is 6.27. The Morgan fingerprint density at radius 2 is 1.32 bits per heavy atom. The van der Waals surface area contributed by atoms with E-state index >= 15 is 0 Å². The second-order valence-electron chi connectivity index (χ2n) is 5.35. The minimum Gasteiger partial charge on any atom is -0.493 e. The van der Waals surface area contributed by atoms with Gasteiger partial charge in [0.2, 0.25) is 0 Å². The Labute approximate surface area is 165 Å². The normalized spacial score (nSPS) is 9.46. The summed E-state index contributed by atoms with van der Waals surface area (Å²) < 4.78 is 25.2. The zero-order chi connectivity index (χ0) is 20.9. The van der Waals surface area contributed by atoms with Crippen molar-refractivity contribution in [2.75, 3.05) is 28.4 Å². The third kappa shape index (κ3) is 6.85. The maximum Gasteiger partial charge on any atom is 0.330 e. The molecule has 7 heteroatoms. The quantitative estimate of drug-likeness (QED) is 0.548. The average Bonchev–Trinajstić information content (AvgIpc) is 2.76. The molecule has 0 saturated heterocycles. The highest BCUT2D eigenvalue weighted by Gasteiger charge is 2.05. The number of rotatable bonds is 8. The van der Waals surface area contributed by atoms with Crippen LogP contribution in [0.4, 0.5) is 0 Å². The summed E-state index contributed by atoms with van der Waals surface area (Å²) in [4.78, 5) is 10.9. The second kappa shape index (κ2) is 12.2. The molecule has 0 atom stereocenters. The van der Waals surface area contributed by atoms with Crippen LogP contribution < -0.4 is 18.9 Å². The van der Waals surface area contributed by atoms with E-state index in [9.17, 15) is 4.79 Å². The molecule has 0 unspecified atom stereocenters. The summed E-state index contributed by atoms with van der Waals surface area (Å²) in [5.41, 5.74) is 1.64. The van der Waals surface area contributed by atoms with E-state index in [4.69, 9.17) is 28.8 Å². The molecule has 0 saturated carbocycles. The Bertz CT molecular complexity index is 771. The van der Waals surface area contributed by atoms with Gasteiger partial charge in [-0.25, -0.2) is 4.79 Å². The lowest BCUT2D eigenvalue weighted by Gasteiger charge is -2.09. The number of hydrogen-bond donors (Lipinski definition) is 1. The standard InChI is InChI=1S/C12H14O4.C9H12O3/c1-4-12(13)16-8-9-5-6-10(14-2)11(7-9)15-3;1-11-8-4-3-7(6-10)5-9(8)12-2/h4-7H,1,8H2,2-3H3;3-5,10H,6H2,1-2H3. The molecular weight excluding hydrogens is 364 g/mol. The predicted octanol–water partition coefficient (Wildman–Crippen LogP) is 3.13. The largest absolute Gasteiger partial charge is 0.493 e. The van der Waals surface area contributed by atoms with Crippen molar-refractivity contribution in [3.8, 4) is 23.0 Å². The molecule has 0 fully saturated rings. The smallest absolute Gasteiger partial charge is 0.330 e. The molecule has 0 aliphatic rings. The molecule has 28 heavy (non-hydrogen) atoms. The highest BCUT2D eigenvalue weighted by Crippen LogP contribution is 2.28. The Hall–Kier alpha value is -3.19. The predicted molar refractivity (Wildman–Crippen MR) is 105 cm³/mol. The first-order chi connectivity index (χ1) is 13.5. The average molecular weight is 390 g/mol. The molecule has 2 rings (SSSR count). The molecular formula is C21H26O7. The number of methoxy groups -OCH3 is 4. The van der Waals surface area contributed by atoms with Crippen LogP contribution in [0.25, 0.3) is 0 Å². The maximum atomic E-state index is 10.9. The molecule has 0 spiro atoms. The van der Waals surface area contributed by atoms with Crippen LogP contribution in [0.1, 0.15) is 11.1 Å². The highest BCUT2D eigenvalue weighted by atomic mass is 16.5. The van der Waals surface area contributed by atoms with Crippen LogP contribution in [0.2, 0.25) is 0 Å².